The smallest absolute Gasteiger partial charge is 0.273 e. The molecule has 1 aliphatic carbocycles. The minimum Gasteiger partial charge on any atom is -0.447 e. The van der Waals surface area contributed by atoms with Gasteiger partial charge in [-0.25, -0.2) is 13.1 Å². The van der Waals surface area contributed by atoms with Crippen LogP contribution in [0.5, 0.6) is 0 Å². The Morgan fingerprint density at radius 1 is 1.47 bits per heavy atom. The number of nitrogens with one attached hydrogen (secondary N) is 2. The van der Waals surface area contributed by atoms with E-state index >= 15 is 0 Å². The Kier molecular flexibility index (Phi) is 3.05. The molecule has 1 saturated carbocycles. The first-order valence-corrected chi connectivity index (χ1v) is 7.09. The molecule has 17 heavy (non-hydrogen) atoms. The number of hydrogen-bond acceptors (Lipinski definition) is 4. The third-order valence-corrected chi connectivity index (χ3v) is 4.49. The molecule has 0 aromatic carbocycles. The maximum Gasteiger partial charge on any atom is 0.273 e. The van der Waals surface area contributed by atoms with Crippen LogP contribution in [-0.4, -0.2) is 21.5 Å². The molecule has 6 heteroatoms. The summed E-state index contributed by atoms with van der Waals surface area (Å²) in [5.74, 6) is 0.640. The van der Waals surface area contributed by atoms with E-state index in [0.29, 0.717) is 23.8 Å². The summed E-state index contributed by atoms with van der Waals surface area (Å²) in [6.45, 7) is 4.96. The lowest BCUT2D eigenvalue weighted by Crippen LogP contribution is -2.20. The quantitative estimate of drug-likeness (QED) is 0.829. The Balaban J connectivity index is 1.96. The van der Waals surface area contributed by atoms with E-state index in [-0.39, 0.29) is 5.09 Å². The third-order valence-electron chi connectivity index (χ3n) is 3.21. The minimum absolute atomic E-state index is 0.0353. The fourth-order valence-electron chi connectivity index (χ4n) is 1.74. The lowest BCUT2D eigenvalue weighted by molar-refractivity contribution is 0.394. The highest BCUT2D eigenvalue weighted by Gasteiger charge is 2.45. The van der Waals surface area contributed by atoms with Gasteiger partial charge in [-0.05, 0) is 31.0 Å². The predicted molar refractivity (Wildman–Crippen MR) is 64.0 cm³/mol. The van der Waals surface area contributed by atoms with Crippen LogP contribution in [0.3, 0.4) is 0 Å². The lowest BCUT2D eigenvalue weighted by Gasteiger charge is -2.04. The van der Waals surface area contributed by atoms with Crippen molar-refractivity contribution >= 4 is 10.0 Å². The Labute approximate surface area is 102 Å². The van der Waals surface area contributed by atoms with Gasteiger partial charge in [0.2, 0.25) is 5.09 Å². The van der Waals surface area contributed by atoms with Crippen LogP contribution in [0.1, 0.15) is 26.0 Å². The third kappa shape index (κ3) is 2.70. The van der Waals surface area contributed by atoms with Crippen molar-refractivity contribution in [1.29, 1.82) is 0 Å². The van der Waals surface area contributed by atoms with Gasteiger partial charge >= 0.3 is 0 Å². The van der Waals surface area contributed by atoms with Crippen LogP contribution in [-0.2, 0) is 16.6 Å². The van der Waals surface area contributed by atoms with Gasteiger partial charge in [-0.3, -0.25) is 0 Å². The van der Waals surface area contributed by atoms with Crippen LogP contribution in [0.4, 0.5) is 0 Å². The fourth-order valence-corrected chi connectivity index (χ4v) is 2.40. The monoisotopic (exact) mass is 258 g/mol. The van der Waals surface area contributed by atoms with Gasteiger partial charge in [0.25, 0.3) is 10.0 Å². The topological polar surface area (TPSA) is 71.3 Å². The molecule has 1 heterocycles. The summed E-state index contributed by atoms with van der Waals surface area (Å²) in [6.07, 6.45) is 1.15. The molecule has 2 rings (SSSR count). The lowest BCUT2D eigenvalue weighted by atomic mass is 10.2. The fraction of sp³-hybridized carbons (Fsp3) is 0.636. The average molecular weight is 258 g/mol. The Morgan fingerprint density at radius 2 is 2.12 bits per heavy atom. The largest absolute Gasteiger partial charge is 0.447 e. The molecule has 0 bridgehead atoms. The van der Waals surface area contributed by atoms with Gasteiger partial charge in [0.1, 0.15) is 5.76 Å². The van der Waals surface area contributed by atoms with E-state index in [1.54, 1.807) is 6.07 Å². The highest BCUT2D eigenvalue weighted by Crippen LogP contribution is 2.44. The number of hydrogen-bond donors (Lipinski definition) is 2. The van der Waals surface area contributed by atoms with E-state index in [4.69, 9.17) is 4.42 Å². The maximum atomic E-state index is 11.4. The van der Waals surface area contributed by atoms with Crippen molar-refractivity contribution in [3.8, 4) is 0 Å². The van der Waals surface area contributed by atoms with Crippen LogP contribution in [0.15, 0.2) is 21.6 Å². The molecule has 1 unspecified atom stereocenters. The van der Waals surface area contributed by atoms with Crippen LogP contribution in [0.2, 0.25) is 0 Å². The maximum absolute atomic E-state index is 11.4. The van der Waals surface area contributed by atoms with Crippen LogP contribution in [0.25, 0.3) is 0 Å². The summed E-state index contributed by atoms with van der Waals surface area (Å²) in [5, 5.41) is 3.30. The first kappa shape index (κ1) is 12.6. The van der Waals surface area contributed by atoms with Gasteiger partial charge in [0.05, 0.1) is 6.54 Å². The van der Waals surface area contributed by atoms with Crippen LogP contribution in [0, 0.1) is 5.41 Å². The summed E-state index contributed by atoms with van der Waals surface area (Å²) in [6, 6.07) is 3.66. The van der Waals surface area contributed by atoms with Crippen molar-refractivity contribution in [2.75, 3.05) is 7.05 Å². The SMILES string of the molecule is CNS(=O)(=O)c1ccc(CNC2CC2(C)C)o1. The van der Waals surface area contributed by atoms with Crippen molar-refractivity contribution in [2.45, 2.75) is 37.9 Å². The molecular formula is C11H18N2O3S. The number of sulfonamides is 1. The van der Waals surface area contributed by atoms with Crippen molar-refractivity contribution < 1.29 is 12.8 Å². The zero-order valence-corrected chi connectivity index (χ0v) is 11.1. The van der Waals surface area contributed by atoms with E-state index in [9.17, 15) is 8.42 Å². The van der Waals surface area contributed by atoms with Crippen molar-refractivity contribution in [2.24, 2.45) is 5.41 Å². The summed E-state index contributed by atoms with van der Waals surface area (Å²) in [4.78, 5) is 0. The van der Waals surface area contributed by atoms with E-state index in [2.05, 4.69) is 23.9 Å². The average Bonchev–Trinajstić information content (AvgIpc) is 2.67. The van der Waals surface area contributed by atoms with Crippen molar-refractivity contribution in [1.82, 2.24) is 10.0 Å². The normalized spacial score (nSPS) is 22.6. The van der Waals surface area contributed by atoms with E-state index in [1.165, 1.54) is 13.1 Å². The van der Waals surface area contributed by atoms with Crippen LogP contribution >= 0.6 is 0 Å². The molecule has 0 aliphatic heterocycles. The van der Waals surface area contributed by atoms with Gasteiger partial charge in [-0.1, -0.05) is 13.8 Å². The summed E-state index contributed by atoms with van der Waals surface area (Å²) in [5.41, 5.74) is 0.354. The Morgan fingerprint density at radius 3 is 2.65 bits per heavy atom. The standard InChI is InChI=1S/C11H18N2O3S/c1-11(2)6-9(11)13-7-8-4-5-10(16-8)17(14,15)12-3/h4-5,9,12-13H,6-7H2,1-3H3. The van der Waals surface area contributed by atoms with E-state index in [0.717, 1.165) is 6.42 Å². The van der Waals surface area contributed by atoms with Crippen LogP contribution < -0.4 is 10.0 Å². The molecule has 96 valence electrons. The van der Waals surface area contributed by atoms with Gasteiger partial charge < -0.3 is 9.73 Å². The van der Waals surface area contributed by atoms with Gasteiger partial charge in [-0.15, -0.1) is 0 Å². The molecule has 5 nitrogen and oxygen atoms in total. The zero-order chi connectivity index (χ0) is 12.7. The number of furan rings is 1. The Bertz CT molecular complexity index is 505. The van der Waals surface area contributed by atoms with Gasteiger partial charge in [0.15, 0.2) is 0 Å². The first-order valence-electron chi connectivity index (χ1n) is 5.61. The second kappa shape index (κ2) is 4.12. The highest BCUT2D eigenvalue weighted by atomic mass is 32.2. The molecule has 0 saturated heterocycles. The van der Waals surface area contributed by atoms with E-state index < -0.39 is 10.0 Å². The second-order valence-corrected chi connectivity index (χ2v) is 6.87. The first-order chi connectivity index (χ1) is 7.85. The molecule has 0 spiro atoms. The summed E-state index contributed by atoms with van der Waals surface area (Å²) >= 11 is 0. The van der Waals surface area contributed by atoms with Crippen molar-refractivity contribution in [3.05, 3.63) is 17.9 Å². The summed E-state index contributed by atoms with van der Waals surface area (Å²) < 4.78 is 30.4. The molecule has 0 radical (unpaired) electrons. The molecule has 1 aliphatic rings. The molecule has 1 fully saturated rings. The van der Waals surface area contributed by atoms with Crippen molar-refractivity contribution in [3.63, 3.8) is 0 Å². The summed E-state index contributed by atoms with van der Waals surface area (Å²) in [7, 11) is -2.10. The number of rotatable bonds is 5. The molecule has 1 aromatic heterocycles. The minimum atomic E-state index is -3.47. The van der Waals surface area contributed by atoms with Gasteiger partial charge in [-0.2, -0.15) is 0 Å². The molecule has 1 atom stereocenters. The Hall–Kier alpha value is -0.850. The predicted octanol–water partition coefficient (Wildman–Crippen LogP) is 1.08. The van der Waals surface area contributed by atoms with E-state index in [1.807, 2.05) is 0 Å². The molecule has 0 amide bonds. The molecular weight excluding hydrogens is 240 g/mol. The second-order valence-electron chi connectivity index (χ2n) is 5.05. The molecule has 1 aromatic rings. The van der Waals surface area contributed by atoms with Gasteiger partial charge in [0, 0.05) is 6.04 Å². The zero-order valence-electron chi connectivity index (χ0n) is 10.3. The molecule has 2 N–H and O–H groups in total. The highest BCUT2D eigenvalue weighted by molar-refractivity contribution is 7.89.